The van der Waals surface area contributed by atoms with Crippen molar-refractivity contribution < 1.29 is 0 Å². The number of hydrogen-bond acceptors (Lipinski definition) is 2. The lowest BCUT2D eigenvalue weighted by atomic mass is 10.00. The molecule has 0 saturated heterocycles. The number of nitrogens with two attached hydrogens (primary N) is 1. The topological polar surface area (TPSA) is 43.8 Å². The van der Waals surface area contributed by atoms with E-state index in [1.54, 1.807) is 0 Å². The van der Waals surface area contributed by atoms with Crippen molar-refractivity contribution in [3.05, 3.63) is 18.0 Å². The van der Waals surface area contributed by atoms with Crippen LogP contribution in [0.4, 0.5) is 0 Å². The van der Waals surface area contributed by atoms with Gasteiger partial charge in [0.25, 0.3) is 0 Å². The summed E-state index contributed by atoms with van der Waals surface area (Å²) in [6.45, 7) is 9.44. The summed E-state index contributed by atoms with van der Waals surface area (Å²) in [6.07, 6.45) is 2.73. The van der Waals surface area contributed by atoms with Crippen molar-refractivity contribution in [1.29, 1.82) is 0 Å². The number of aromatic nitrogens is 2. The monoisotopic (exact) mass is 195 g/mol. The van der Waals surface area contributed by atoms with Gasteiger partial charge in [-0.05, 0) is 25.8 Å². The Labute approximate surface area is 86.3 Å². The zero-order valence-corrected chi connectivity index (χ0v) is 9.62. The molecule has 1 aromatic rings. The highest BCUT2D eigenvalue weighted by atomic mass is 15.3. The van der Waals surface area contributed by atoms with Crippen molar-refractivity contribution in [2.75, 3.05) is 0 Å². The molecular weight excluding hydrogens is 174 g/mol. The van der Waals surface area contributed by atoms with Gasteiger partial charge in [-0.2, -0.15) is 5.10 Å². The van der Waals surface area contributed by atoms with E-state index in [-0.39, 0.29) is 5.54 Å². The molecule has 2 N–H and O–H groups in total. The molecule has 80 valence electrons. The van der Waals surface area contributed by atoms with Crippen LogP contribution in [0.3, 0.4) is 0 Å². The van der Waals surface area contributed by atoms with E-state index in [0.29, 0.717) is 5.92 Å². The van der Waals surface area contributed by atoms with Gasteiger partial charge >= 0.3 is 0 Å². The van der Waals surface area contributed by atoms with Crippen LogP contribution in [0.2, 0.25) is 0 Å². The Morgan fingerprint density at radius 3 is 2.64 bits per heavy atom. The van der Waals surface area contributed by atoms with Crippen molar-refractivity contribution >= 4 is 0 Å². The third-order valence-electron chi connectivity index (χ3n) is 1.98. The fourth-order valence-corrected chi connectivity index (χ4v) is 1.49. The summed E-state index contributed by atoms with van der Waals surface area (Å²) in [6, 6.07) is 2.05. The van der Waals surface area contributed by atoms with Crippen LogP contribution in [-0.2, 0) is 13.0 Å². The summed E-state index contributed by atoms with van der Waals surface area (Å²) >= 11 is 0. The zero-order chi connectivity index (χ0) is 10.8. The first kappa shape index (κ1) is 11.2. The first-order chi connectivity index (χ1) is 6.38. The highest BCUT2D eigenvalue weighted by molar-refractivity contribution is 5.05. The maximum atomic E-state index is 5.99. The molecule has 0 bridgehead atoms. The lowest BCUT2D eigenvalue weighted by Gasteiger charge is -2.19. The molecule has 0 aromatic carbocycles. The van der Waals surface area contributed by atoms with Crippen molar-refractivity contribution in [2.24, 2.45) is 11.7 Å². The fraction of sp³-hybridized carbons (Fsp3) is 0.727. The quantitative estimate of drug-likeness (QED) is 0.796. The molecule has 0 aliphatic rings. The molecule has 14 heavy (non-hydrogen) atoms. The number of rotatable bonds is 4. The fourth-order valence-electron chi connectivity index (χ4n) is 1.49. The lowest BCUT2D eigenvalue weighted by Crippen LogP contribution is -2.35. The molecule has 0 aliphatic carbocycles. The third-order valence-corrected chi connectivity index (χ3v) is 1.98. The van der Waals surface area contributed by atoms with Gasteiger partial charge in [0, 0.05) is 30.4 Å². The highest BCUT2D eigenvalue weighted by Gasteiger charge is 2.15. The summed E-state index contributed by atoms with van der Waals surface area (Å²) < 4.78 is 2.05. The first-order valence-corrected chi connectivity index (χ1v) is 5.18. The second-order valence-corrected chi connectivity index (χ2v) is 5.06. The molecule has 0 amide bonds. The molecule has 0 saturated carbocycles. The molecular formula is C11H21N3. The van der Waals surface area contributed by atoms with Gasteiger partial charge in [-0.3, -0.25) is 4.68 Å². The summed E-state index contributed by atoms with van der Waals surface area (Å²) in [4.78, 5) is 0. The van der Waals surface area contributed by atoms with E-state index in [0.717, 1.165) is 13.0 Å². The molecule has 0 unspecified atom stereocenters. The van der Waals surface area contributed by atoms with E-state index in [4.69, 9.17) is 5.73 Å². The van der Waals surface area contributed by atoms with E-state index in [1.165, 1.54) is 5.69 Å². The van der Waals surface area contributed by atoms with Crippen LogP contribution in [0.25, 0.3) is 0 Å². The molecule has 3 heteroatoms. The van der Waals surface area contributed by atoms with Gasteiger partial charge in [-0.25, -0.2) is 0 Å². The maximum Gasteiger partial charge on any atom is 0.0492 e. The summed E-state index contributed by atoms with van der Waals surface area (Å²) in [5, 5.41) is 4.30. The molecule has 0 radical (unpaired) electrons. The van der Waals surface area contributed by atoms with Crippen LogP contribution in [-0.4, -0.2) is 15.3 Å². The van der Waals surface area contributed by atoms with Gasteiger partial charge in [-0.15, -0.1) is 0 Å². The normalized spacial score (nSPS) is 12.4. The average Bonchev–Trinajstić information content (AvgIpc) is 2.32. The minimum atomic E-state index is -0.158. The molecule has 1 rings (SSSR count). The van der Waals surface area contributed by atoms with Crippen LogP contribution < -0.4 is 5.73 Å². The Balaban J connectivity index is 2.72. The summed E-state index contributed by atoms with van der Waals surface area (Å²) in [5.41, 5.74) is 7.06. The van der Waals surface area contributed by atoms with Gasteiger partial charge in [0.05, 0.1) is 0 Å². The number of hydrogen-bond donors (Lipinski definition) is 1. The predicted octanol–water partition coefficient (Wildman–Crippen LogP) is 1.82. The van der Waals surface area contributed by atoms with Crippen LogP contribution >= 0.6 is 0 Å². The summed E-state index contributed by atoms with van der Waals surface area (Å²) in [7, 11) is 0. The van der Waals surface area contributed by atoms with Crippen LogP contribution in [0.1, 0.15) is 33.4 Å². The smallest absolute Gasteiger partial charge is 0.0492 e. The van der Waals surface area contributed by atoms with Crippen LogP contribution in [0.5, 0.6) is 0 Å². The lowest BCUT2D eigenvalue weighted by molar-refractivity contribution is 0.438. The standard InChI is InChI=1S/C11H21N3/c1-9(2)8-14-10(5-6-13-14)7-11(3,4)12/h5-6,9H,7-8,12H2,1-4H3. The molecule has 0 aliphatic heterocycles. The molecule has 0 fully saturated rings. The van der Waals surface area contributed by atoms with Gasteiger partial charge < -0.3 is 5.73 Å². The molecule has 0 spiro atoms. The Morgan fingerprint density at radius 1 is 1.50 bits per heavy atom. The minimum Gasteiger partial charge on any atom is -0.325 e. The highest BCUT2D eigenvalue weighted by Crippen LogP contribution is 2.11. The SMILES string of the molecule is CC(C)Cn1nccc1CC(C)(C)N. The van der Waals surface area contributed by atoms with Gasteiger partial charge in [0.15, 0.2) is 0 Å². The second-order valence-electron chi connectivity index (χ2n) is 5.06. The maximum absolute atomic E-state index is 5.99. The Kier molecular flexibility index (Phi) is 3.32. The van der Waals surface area contributed by atoms with Crippen LogP contribution in [0, 0.1) is 5.92 Å². The predicted molar refractivity (Wildman–Crippen MR) is 59.0 cm³/mol. The molecule has 3 nitrogen and oxygen atoms in total. The first-order valence-electron chi connectivity index (χ1n) is 5.18. The number of nitrogens with zero attached hydrogens (tertiary/aromatic N) is 2. The second kappa shape index (κ2) is 4.13. The Hall–Kier alpha value is -0.830. The van der Waals surface area contributed by atoms with Crippen molar-refractivity contribution in [1.82, 2.24) is 9.78 Å². The van der Waals surface area contributed by atoms with Gasteiger partial charge in [0.1, 0.15) is 0 Å². The Bertz CT molecular complexity index is 281. The van der Waals surface area contributed by atoms with E-state index in [9.17, 15) is 0 Å². The molecule has 1 aromatic heterocycles. The minimum absolute atomic E-state index is 0.158. The van der Waals surface area contributed by atoms with E-state index >= 15 is 0 Å². The van der Waals surface area contributed by atoms with Crippen molar-refractivity contribution in [3.8, 4) is 0 Å². The Morgan fingerprint density at radius 2 is 2.14 bits per heavy atom. The van der Waals surface area contributed by atoms with E-state index in [1.807, 2.05) is 20.0 Å². The largest absolute Gasteiger partial charge is 0.325 e. The van der Waals surface area contributed by atoms with E-state index in [2.05, 4.69) is 29.7 Å². The van der Waals surface area contributed by atoms with Gasteiger partial charge in [0.2, 0.25) is 0 Å². The van der Waals surface area contributed by atoms with Crippen molar-refractivity contribution in [3.63, 3.8) is 0 Å². The van der Waals surface area contributed by atoms with Gasteiger partial charge in [-0.1, -0.05) is 13.8 Å². The van der Waals surface area contributed by atoms with E-state index < -0.39 is 0 Å². The average molecular weight is 195 g/mol. The zero-order valence-electron chi connectivity index (χ0n) is 9.62. The summed E-state index contributed by atoms with van der Waals surface area (Å²) in [5.74, 6) is 0.620. The van der Waals surface area contributed by atoms with Crippen molar-refractivity contribution in [2.45, 2.75) is 46.2 Å². The van der Waals surface area contributed by atoms with Crippen LogP contribution in [0.15, 0.2) is 12.3 Å². The molecule has 0 atom stereocenters. The third kappa shape index (κ3) is 3.50. The molecule has 1 heterocycles.